The van der Waals surface area contributed by atoms with Crippen LogP contribution in [-0.2, 0) is 4.79 Å². The summed E-state index contributed by atoms with van der Waals surface area (Å²) in [5.74, 6) is 1.88. The number of nitrogens with zero attached hydrogens (tertiary/aromatic N) is 3. The lowest BCUT2D eigenvalue weighted by Crippen LogP contribution is -2.41. The van der Waals surface area contributed by atoms with Crippen molar-refractivity contribution in [3.8, 4) is 11.5 Å². The van der Waals surface area contributed by atoms with Crippen LogP contribution in [0.1, 0.15) is 18.4 Å². The van der Waals surface area contributed by atoms with Gasteiger partial charge < -0.3 is 19.7 Å². The Kier molecular flexibility index (Phi) is 7.34. The van der Waals surface area contributed by atoms with Crippen LogP contribution in [0.5, 0.6) is 11.5 Å². The Hall–Kier alpha value is -3.26. The molecule has 0 aliphatic carbocycles. The number of methoxy groups -OCH3 is 2. The van der Waals surface area contributed by atoms with Crippen LogP contribution < -0.4 is 19.7 Å². The highest BCUT2D eigenvalue weighted by Gasteiger charge is 2.28. The van der Waals surface area contributed by atoms with Crippen molar-refractivity contribution in [1.29, 1.82) is 0 Å². The molecule has 1 aliphatic heterocycles. The number of amides is 1. The largest absolute Gasteiger partial charge is 0.493 e. The molecule has 33 heavy (non-hydrogen) atoms. The predicted octanol–water partition coefficient (Wildman–Crippen LogP) is 4.81. The zero-order valence-electron chi connectivity index (χ0n) is 19.1. The minimum Gasteiger partial charge on any atom is -0.493 e. The molecule has 2 aromatic carbocycles. The lowest BCUT2D eigenvalue weighted by Gasteiger charge is -2.33. The van der Waals surface area contributed by atoms with E-state index in [2.05, 4.69) is 45.3 Å². The second-order valence-corrected chi connectivity index (χ2v) is 9.01. The number of aromatic nitrogens is 2. The molecular formula is C25H28N4O3S. The summed E-state index contributed by atoms with van der Waals surface area (Å²) in [6.07, 6.45) is 5.17. The van der Waals surface area contributed by atoms with E-state index in [1.54, 1.807) is 50.5 Å². The van der Waals surface area contributed by atoms with Crippen LogP contribution >= 0.6 is 11.8 Å². The number of carbonyl (C=O) groups is 1. The molecule has 1 aliphatic rings. The molecule has 1 aromatic heterocycles. The molecule has 8 heteroatoms. The van der Waals surface area contributed by atoms with Crippen molar-refractivity contribution in [2.75, 3.05) is 37.5 Å². The van der Waals surface area contributed by atoms with E-state index in [1.165, 1.54) is 5.56 Å². The molecule has 0 bridgehead atoms. The van der Waals surface area contributed by atoms with Crippen molar-refractivity contribution in [3.63, 3.8) is 0 Å². The van der Waals surface area contributed by atoms with Gasteiger partial charge in [0, 0.05) is 42.1 Å². The first-order valence-corrected chi connectivity index (χ1v) is 11.7. The van der Waals surface area contributed by atoms with E-state index in [0.717, 1.165) is 35.1 Å². The van der Waals surface area contributed by atoms with E-state index in [9.17, 15) is 4.79 Å². The normalized spacial score (nSPS) is 15.7. The average molecular weight is 465 g/mol. The van der Waals surface area contributed by atoms with Gasteiger partial charge >= 0.3 is 0 Å². The summed E-state index contributed by atoms with van der Waals surface area (Å²) in [6, 6.07) is 13.7. The van der Waals surface area contributed by atoms with Gasteiger partial charge in [-0.3, -0.25) is 4.79 Å². The minimum atomic E-state index is -0.148. The predicted molar refractivity (Wildman–Crippen MR) is 130 cm³/mol. The summed E-state index contributed by atoms with van der Waals surface area (Å²) in [7, 11) is 3.17. The molecular weight excluding hydrogens is 436 g/mol. The second-order valence-electron chi connectivity index (χ2n) is 7.95. The van der Waals surface area contributed by atoms with Crippen molar-refractivity contribution in [3.05, 3.63) is 60.4 Å². The molecule has 0 radical (unpaired) electrons. The third-order valence-corrected chi connectivity index (χ3v) is 6.56. The van der Waals surface area contributed by atoms with Crippen molar-refractivity contribution in [2.45, 2.75) is 29.7 Å². The topological polar surface area (TPSA) is 76.6 Å². The number of aryl methyl sites for hydroxylation is 1. The molecule has 1 fully saturated rings. The zero-order chi connectivity index (χ0) is 23.2. The van der Waals surface area contributed by atoms with E-state index in [0.29, 0.717) is 23.7 Å². The number of hydrogen-bond acceptors (Lipinski definition) is 7. The van der Waals surface area contributed by atoms with Crippen LogP contribution in [0.4, 0.5) is 11.5 Å². The summed E-state index contributed by atoms with van der Waals surface area (Å²) >= 11 is 1.60. The van der Waals surface area contributed by atoms with Crippen LogP contribution in [-0.4, -0.2) is 43.2 Å². The molecule has 0 saturated carbocycles. The maximum atomic E-state index is 13.1. The van der Waals surface area contributed by atoms with E-state index in [-0.39, 0.29) is 11.8 Å². The van der Waals surface area contributed by atoms with Crippen molar-refractivity contribution in [2.24, 2.45) is 5.92 Å². The fourth-order valence-electron chi connectivity index (χ4n) is 3.94. The van der Waals surface area contributed by atoms with Gasteiger partial charge in [-0.25, -0.2) is 9.97 Å². The number of benzene rings is 2. The third-order valence-electron chi connectivity index (χ3n) is 5.59. The Morgan fingerprint density at radius 3 is 2.70 bits per heavy atom. The van der Waals surface area contributed by atoms with Gasteiger partial charge in [-0.1, -0.05) is 29.5 Å². The van der Waals surface area contributed by atoms with Gasteiger partial charge in [-0.2, -0.15) is 0 Å². The summed E-state index contributed by atoms with van der Waals surface area (Å²) in [5, 5.41) is 3.88. The van der Waals surface area contributed by atoms with E-state index in [4.69, 9.17) is 9.47 Å². The number of carbonyl (C=O) groups excluding carboxylic acids is 1. The number of ether oxygens (including phenoxy) is 2. The maximum Gasteiger partial charge on any atom is 0.229 e. The van der Waals surface area contributed by atoms with Gasteiger partial charge in [-0.05, 0) is 44.0 Å². The second kappa shape index (κ2) is 10.6. The van der Waals surface area contributed by atoms with E-state index < -0.39 is 0 Å². The first kappa shape index (κ1) is 22.9. The molecule has 3 aromatic rings. The number of anilines is 2. The summed E-state index contributed by atoms with van der Waals surface area (Å²) in [5.41, 5.74) is 1.89. The Labute approximate surface area is 198 Å². The number of hydrogen-bond donors (Lipinski definition) is 1. The Balaban J connectivity index is 1.47. The molecule has 0 spiro atoms. The lowest BCUT2D eigenvalue weighted by atomic mass is 9.97. The Morgan fingerprint density at radius 2 is 1.91 bits per heavy atom. The molecule has 1 N–H and O–H groups in total. The molecule has 1 amide bonds. The van der Waals surface area contributed by atoms with Gasteiger partial charge in [0.25, 0.3) is 0 Å². The smallest absolute Gasteiger partial charge is 0.229 e. The fourth-order valence-corrected chi connectivity index (χ4v) is 4.94. The number of piperidine rings is 1. The summed E-state index contributed by atoms with van der Waals surface area (Å²) < 4.78 is 10.6. The highest BCUT2D eigenvalue weighted by atomic mass is 32.2. The number of nitrogens with one attached hydrogen (secondary N) is 1. The molecule has 4 rings (SSSR count). The van der Waals surface area contributed by atoms with Crippen molar-refractivity contribution < 1.29 is 14.3 Å². The SMILES string of the molecule is COc1ccc(NC(=O)[C@@H]2CCCN(c3nccnc3Sc3cccc(C)c3)C2)cc1OC. The standard InChI is InChI=1S/C25H28N4O3S/c1-17-6-4-8-20(14-17)33-25-23(26-11-12-27-25)29-13-5-7-18(16-29)24(30)28-19-9-10-21(31-2)22(15-19)32-3/h4,6,8-12,14-15,18H,5,7,13,16H2,1-3H3,(H,28,30)/t18-/m1/s1. The molecule has 172 valence electrons. The van der Waals surface area contributed by atoms with E-state index >= 15 is 0 Å². The lowest BCUT2D eigenvalue weighted by molar-refractivity contribution is -0.120. The number of rotatable bonds is 7. The fraction of sp³-hybridized carbons (Fsp3) is 0.320. The first-order valence-electron chi connectivity index (χ1n) is 10.9. The van der Waals surface area contributed by atoms with Gasteiger partial charge in [0.2, 0.25) is 5.91 Å². The maximum absolute atomic E-state index is 13.1. The van der Waals surface area contributed by atoms with Crippen LogP contribution in [0.2, 0.25) is 0 Å². The van der Waals surface area contributed by atoms with Crippen LogP contribution in [0.15, 0.2) is 64.8 Å². The zero-order valence-corrected chi connectivity index (χ0v) is 19.9. The average Bonchev–Trinajstić information content (AvgIpc) is 2.84. The van der Waals surface area contributed by atoms with Gasteiger partial charge in [0.15, 0.2) is 17.3 Å². The molecule has 1 saturated heterocycles. The van der Waals surface area contributed by atoms with Crippen LogP contribution in [0.25, 0.3) is 0 Å². The van der Waals surface area contributed by atoms with E-state index in [1.807, 2.05) is 12.1 Å². The third kappa shape index (κ3) is 5.57. The highest BCUT2D eigenvalue weighted by Crippen LogP contribution is 2.35. The van der Waals surface area contributed by atoms with Crippen molar-refractivity contribution in [1.82, 2.24) is 9.97 Å². The summed E-state index contributed by atoms with van der Waals surface area (Å²) in [4.78, 5) is 25.6. The molecule has 2 heterocycles. The van der Waals surface area contributed by atoms with Crippen LogP contribution in [0.3, 0.4) is 0 Å². The van der Waals surface area contributed by atoms with Gasteiger partial charge in [-0.15, -0.1) is 0 Å². The van der Waals surface area contributed by atoms with Gasteiger partial charge in [0.1, 0.15) is 5.03 Å². The van der Waals surface area contributed by atoms with Crippen LogP contribution in [0, 0.1) is 12.8 Å². The summed E-state index contributed by atoms with van der Waals surface area (Å²) in [6.45, 7) is 3.52. The highest BCUT2D eigenvalue weighted by molar-refractivity contribution is 7.99. The minimum absolute atomic E-state index is 0.0105. The Bertz CT molecular complexity index is 1120. The molecule has 0 unspecified atom stereocenters. The van der Waals surface area contributed by atoms with Gasteiger partial charge in [0.05, 0.1) is 20.1 Å². The quantitative estimate of drug-likeness (QED) is 0.538. The molecule has 7 nitrogen and oxygen atoms in total. The first-order chi connectivity index (χ1) is 16.1. The monoisotopic (exact) mass is 464 g/mol. The molecule has 1 atom stereocenters. The Morgan fingerprint density at radius 1 is 1.09 bits per heavy atom. The van der Waals surface area contributed by atoms with Crippen molar-refractivity contribution >= 4 is 29.2 Å².